The Labute approximate surface area is 114 Å². The van der Waals surface area contributed by atoms with Gasteiger partial charge in [0.2, 0.25) is 0 Å². The second-order valence-corrected chi connectivity index (χ2v) is 4.91. The number of nitrogens with one attached hydrogen (secondary N) is 1. The molecule has 102 valence electrons. The number of nitrogens with two attached hydrogens (primary N) is 1. The fourth-order valence-electron chi connectivity index (χ4n) is 1.89. The summed E-state index contributed by atoms with van der Waals surface area (Å²) in [6, 6.07) is 3.65. The van der Waals surface area contributed by atoms with Gasteiger partial charge in [-0.25, -0.2) is 4.98 Å². The second kappa shape index (κ2) is 7.55. The number of amides is 1. The van der Waals surface area contributed by atoms with Crippen molar-refractivity contribution in [3.63, 3.8) is 0 Å². The van der Waals surface area contributed by atoms with Gasteiger partial charge in [-0.2, -0.15) is 0 Å². The minimum Gasteiger partial charge on any atom is -0.348 e. The molecule has 4 heteroatoms. The molecule has 1 rings (SSSR count). The Kier molecular flexibility index (Phi) is 6.04. The summed E-state index contributed by atoms with van der Waals surface area (Å²) in [6.07, 6.45) is 2.53. The fraction of sp³-hybridized carbons (Fsp3) is 0.467. The lowest BCUT2D eigenvalue weighted by atomic mass is 10.0. The van der Waals surface area contributed by atoms with Crippen molar-refractivity contribution in [2.24, 2.45) is 11.7 Å². The third kappa shape index (κ3) is 5.11. The second-order valence-electron chi connectivity index (χ2n) is 4.91. The van der Waals surface area contributed by atoms with Crippen LogP contribution in [0.4, 0.5) is 0 Å². The molecule has 0 aromatic carbocycles. The average Bonchev–Trinajstić information content (AvgIpc) is 2.35. The van der Waals surface area contributed by atoms with Gasteiger partial charge in [-0.15, -0.1) is 0 Å². The Morgan fingerprint density at radius 2 is 2.21 bits per heavy atom. The van der Waals surface area contributed by atoms with Crippen molar-refractivity contribution in [2.75, 3.05) is 6.54 Å². The Morgan fingerprint density at radius 1 is 1.47 bits per heavy atom. The van der Waals surface area contributed by atoms with Gasteiger partial charge in [-0.05, 0) is 31.4 Å². The predicted octanol–water partition coefficient (Wildman–Crippen LogP) is 1.56. The summed E-state index contributed by atoms with van der Waals surface area (Å²) >= 11 is 0. The van der Waals surface area contributed by atoms with Crippen LogP contribution in [0.25, 0.3) is 0 Å². The number of hydrogen-bond donors (Lipinski definition) is 2. The zero-order valence-corrected chi connectivity index (χ0v) is 11.7. The molecule has 1 heterocycles. The molecule has 1 aromatic heterocycles. The molecular formula is C15H21N3O. The number of hydrogen-bond acceptors (Lipinski definition) is 3. The van der Waals surface area contributed by atoms with E-state index in [1.165, 1.54) is 0 Å². The molecule has 1 unspecified atom stereocenters. The molecule has 1 amide bonds. The molecule has 0 saturated heterocycles. The molecule has 19 heavy (non-hydrogen) atoms. The highest BCUT2D eigenvalue weighted by Crippen LogP contribution is 2.07. The molecule has 1 atom stereocenters. The van der Waals surface area contributed by atoms with Gasteiger partial charge in [0.05, 0.1) is 12.1 Å². The van der Waals surface area contributed by atoms with Crippen molar-refractivity contribution in [1.82, 2.24) is 10.3 Å². The Hall–Kier alpha value is -1.86. The zero-order chi connectivity index (χ0) is 14.3. The Bertz CT molecular complexity index is 486. The first-order chi connectivity index (χ1) is 9.04. The van der Waals surface area contributed by atoms with Gasteiger partial charge in [-0.1, -0.05) is 25.7 Å². The van der Waals surface area contributed by atoms with E-state index in [0.29, 0.717) is 17.2 Å². The van der Waals surface area contributed by atoms with Crippen LogP contribution in [0.5, 0.6) is 0 Å². The maximum atomic E-state index is 12.1. The standard InChI is InChI=1S/C15H21N3O/c1-11(2)10-12(3)18-15(19)14-13(6-4-8-16)7-5-9-17-14/h5,7,9,11-12H,8,10,16H2,1-3H3,(H,18,19). The highest BCUT2D eigenvalue weighted by Gasteiger charge is 2.14. The lowest BCUT2D eigenvalue weighted by Gasteiger charge is -2.15. The largest absolute Gasteiger partial charge is 0.348 e. The highest BCUT2D eigenvalue weighted by molar-refractivity contribution is 5.94. The van der Waals surface area contributed by atoms with Crippen molar-refractivity contribution in [1.29, 1.82) is 0 Å². The summed E-state index contributed by atoms with van der Waals surface area (Å²) in [5.74, 6) is 5.97. The first-order valence-electron chi connectivity index (χ1n) is 6.49. The minimum absolute atomic E-state index is 0.116. The number of carbonyl (C=O) groups is 1. The van der Waals surface area contributed by atoms with Crippen LogP contribution in [-0.2, 0) is 0 Å². The van der Waals surface area contributed by atoms with E-state index in [0.717, 1.165) is 6.42 Å². The minimum atomic E-state index is -0.185. The molecule has 0 spiro atoms. The van der Waals surface area contributed by atoms with Gasteiger partial charge in [0.1, 0.15) is 5.69 Å². The molecule has 0 radical (unpaired) electrons. The molecule has 0 bridgehead atoms. The van der Waals surface area contributed by atoms with E-state index in [1.807, 2.05) is 6.92 Å². The van der Waals surface area contributed by atoms with Crippen molar-refractivity contribution < 1.29 is 4.79 Å². The van der Waals surface area contributed by atoms with Gasteiger partial charge in [0.25, 0.3) is 5.91 Å². The number of carbonyl (C=O) groups excluding carboxylic acids is 1. The monoisotopic (exact) mass is 259 g/mol. The number of rotatable bonds is 4. The van der Waals surface area contributed by atoms with E-state index < -0.39 is 0 Å². The molecule has 0 saturated carbocycles. The first kappa shape index (κ1) is 15.2. The van der Waals surface area contributed by atoms with Gasteiger partial charge < -0.3 is 11.1 Å². The predicted molar refractivity (Wildman–Crippen MR) is 76.6 cm³/mol. The molecule has 1 aromatic rings. The van der Waals surface area contributed by atoms with E-state index in [4.69, 9.17) is 5.73 Å². The van der Waals surface area contributed by atoms with E-state index in [9.17, 15) is 4.79 Å². The summed E-state index contributed by atoms with van der Waals surface area (Å²) in [5, 5.41) is 2.94. The van der Waals surface area contributed by atoms with Crippen LogP contribution in [0.1, 0.15) is 43.2 Å². The lowest BCUT2D eigenvalue weighted by molar-refractivity contribution is 0.0931. The highest BCUT2D eigenvalue weighted by atomic mass is 16.1. The fourth-order valence-corrected chi connectivity index (χ4v) is 1.89. The summed E-state index contributed by atoms with van der Waals surface area (Å²) in [5.41, 5.74) is 6.32. The van der Waals surface area contributed by atoms with Crippen molar-refractivity contribution in [3.8, 4) is 11.8 Å². The van der Waals surface area contributed by atoms with Gasteiger partial charge in [0.15, 0.2) is 0 Å². The van der Waals surface area contributed by atoms with E-state index in [-0.39, 0.29) is 18.5 Å². The summed E-state index contributed by atoms with van der Waals surface area (Å²) in [7, 11) is 0. The first-order valence-corrected chi connectivity index (χ1v) is 6.49. The molecule has 0 fully saturated rings. The quantitative estimate of drug-likeness (QED) is 0.806. The van der Waals surface area contributed by atoms with Crippen LogP contribution in [-0.4, -0.2) is 23.5 Å². The maximum absolute atomic E-state index is 12.1. The van der Waals surface area contributed by atoms with E-state index in [1.54, 1.807) is 18.3 Å². The van der Waals surface area contributed by atoms with Gasteiger partial charge in [0, 0.05) is 12.2 Å². The number of pyridine rings is 1. The molecule has 0 aliphatic carbocycles. The summed E-state index contributed by atoms with van der Waals surface area (Å²) in [6.45, 7) is 6.51. The van der Waals surface area contributed by atoms with Crippen molar-refractivity contribution >= 4 is 5.91 Å². The van der Waals surface area contributed by atoms with Gasteiger partial charge in [-0.3, -0.25) is 4.79 Å². The topological polar surface area (TPSA) is 68.0 Å². The Morgan fingerprint density at radius 3 is 2.84 bits per heavy atom. The smallest absolute Gasteiger partial charge is 0.271 e. The third-order valence-electron chi connectivity index (χ3n) is 2.55. The normalized spacial score (nSPS) is 11.6. The SMILES string of the molecule is CC(C)CC(C)NC(=O)c1ncccc1C#CCN. The molecule has 4 nitrogen and oxygen atoms in total. The van der Waals surface area contributed by atoms with Crippen LogP contribution in [0.15, 0.2) is 18.3 Å². The van der Waals surface area contributed by atoms with E-state index in [2.05, 4.69) is 36.0 Å². The molecule has 3 N–H and O–H groups in total. The maximum Gasteiger partial charge on any atom is 0.271 e. The number of aromatic nitrogens is 1. The Balaban J connectivity index is 2.82. The third-order valence-corrected chi connectivity index (χ3v) is 2.55. The van der Waals surface area contributed by atoms with Gasteiger partial charge >= 0.3 is 0 Å². The van der Waals surface area contributed by atoms with Crippen LogP contribution in [0.2, 0.25) is 0 Å². The average molecular weight is 259 g/mol. The molecule has 0 aliphatic heterocycles. The van der Waals surface area contributed by atoms with Crippen LogP contribution < -0.4 is 11.1 Å². The van der Waals surface area contributed by atoms with Crippen LogP contribution >= 0.6 is 0 Å². The van der Waals surface area contributed by atoms with Crippen LogP contribution in [0, 0.1) is 17.8 Å². The zero-order valence-electron chi connectivity index (χ0n) is 11.7. The summed E-state index contributed by atoms with van der Waals surface area (Å²) < 4.78 is 0. The van der Waals surface area contributed by atoms with Crippen LogP contribution in [0.3, 0.4) is 0 Å². The van der Waals surface area contributed by atoms with Crippen molar-refractivity contribution in [3.05, 3.63) is 29.6 Å². The van der Waals surface area contributed by atoms with Crippen molar-refractivity contribution in [2.45, 2.75) is 33.2 Å². The number of nitrogens with zero attached hydrogens (tertiary/aromatic N) is 1. The van der Waals surface area contributed by atoms with E-state index >= 15 is 0 Å². The summed E-state index contributed by atoms with van der Waals surface area (Å²) in [4.78, 5) is 16.3. The lowest BCUT2D eigenvalue weighted by Crippen LogP contribution is -2.34. The molecule has 0 aliphatic rings. The molecular weight excluding hydrogens is 238 g/mol.